The Kier molecular flexibility index (Phi) is 4.00. The van der Waals surface area contributed by atoms with Crippen molar-refractivity contribution in [3.05, 3.63) is 29.3 Å². The topological polar surface area (TPSA) is 29.1 Å². The Hall–Kier alpha value is -1.02. The third kappa shape index (κ3) is 2.83. The molecule has 3 heteroatoms. The van der Waals surface area contributed by atoms with Gasteiger partial charge in [0.15, 0.2) is 0 Å². The first-order chi connectivity index (χ1) is 9.98. The molecule has 1 aliphatic carbocycles. The standard InChI is InChI=1S/C18H24ClNO/c1-18(2)14-11-13(8-9-16(14)20-17(18)21)15(19)10-12-6-4-3-5-7-12/h8-9,11-12,15H,3-7,10H2,1-2H3,(H,20,21). The zero-order chi connectivity index (χ0) is 15.0. The quantitative estimate of drug-likeness (QED) is 0.767. The molecule has 1 unspecified atom stereocenters. The number of anilines is 1. The van der Waals surface area contributed by atoms with Crippen molar-refractivity contribution in [2.24, 2.45) is 5.92 Å². The molecule has 1 saturated carbocycles. The number of nitrogens with one attached hydrogen (secondary N) is 1. The fraction of sp³-hybridized carbons (Fsp3) is 0.611. The van der Waals surface area contributed by atoms with Crippen LogP contribution in [0.4, 0.5) is 5.69 Å². The zero-order valence-corrected chi connectivity index (χ0v) is 13.7. The van der Waals surface area contributed by atoms with Gasteiger partial charge >= 0.3 is 0 Å². The van der Waals surface area contributed by atoms with Crippen LogP contribution in [-0.2, 0) is 10.2 Å². The summed E-state index contributed by atoms with van der Waals surface area (Å²) in [4.78, 5) is 12.0. The molecule has 0 spiro atoms. The van der Waals surface area contributed by atoms with Gasteiger partial charge in [0.2, 0.25) is 5.91 Å². The second-order valence-electron chi connectivity index (χ2n) is 7.09. The van der Waals surface area contributed by atoms with Gasteiger partial charge in [0.25, 0.3) is 0 Å². The molecule has 3 rings (SSSR count). The number of carbonyl (C=O) groups excluding carboxylic acids is 1. The molecule has 1 amide bonds. The van der Waals surface area contributed by atoms with Crippen molar-refractivity contribution in [2.75, 3.05) is 5.32 Å². The molecule has 1 aromatic rings. The number of amides is 1. The average Bonchev–Trinajstić information content (AvgIpc) is 2.70. The maximum atomic E-state index is 12.0. The number of alkyl halides is 1. The van der Waals surface area contributed by atoms with E-state index in [-0.39, 0.29) is 11.3 Å². The SMILES string of the molecule is CC1(C)C(=O)Nc2ccc(C(Cl)CC3CCCCC3)cc21. The molecule has 1 aliphatic heterocycles. The van der Waals surface area contributed by atoms with Crippen LogP contribution in [0, 0.1) is 5.92 Å². The van der Waals surface area contributed by atoms with Crippen LogP contribution in [-0.4, -0.2) is 5.91 Å². The fourth-order valence-electron chi connectivity index (χ4n) is 3.64. The predicted octanol–water partition coefficient (Wildman–Crippen LogP) is 5.17. The number of benzene rings is 1. The highest BCUT2D eigenvalue weighted by molar-refractivity contribution is 6.20. The lowest BCUT2D eigenvalue weighted by molar-refractivity contribution is -0.119. The summed E-state index contributed by atoms with van der Waals surface area (Å²) in [6.45, 7) is 3.95. The van der Waals surface area contributed by atoms with Crippen LogP contribution >= 0.6 is 11.6 Å². The molecular formula is C18H24ClNO. The van der Waals surface area contributed by atoms with Crippen molar-refractivity contribution in [3.63, 3.8) is 0 Å². The van der Waals surface area contributed by atoms with E-state index in [1.165, 1.54) is 32.1 Å². The average molecular weight is 306 g/mol. The van der Waals surface area contributed by atoms with Gasteiger partial charge in [-0.1, -0.05) is 44.2 Å². The van der Waals surface area contributed by atoms with Crippen LogP contribution in [0.1, 0.15) is 68.9 Å². The Balaban J connectivity index is 1.77. The van der Waals surface area contributed by atoms with E-state index in [1.807, 2.05) is 19.9 Å². The molecule has 114 valence electrons. The summed E-state index contributed by atoms with van der Waals surface area (Å²) in [5, 5.41) is 3.01. The molecule has 0 radical (unpaired) electrons. The number of hydrogen-bond acceptors (Lipinski definition) is 1. The van der Waals surface area contributed by atoms with Crippen LogP contribution in [0.2, 0.25) is 0 Å². The summed E-state index contributed by atoms with van der Waals surface area (Å²) < 4.78 is 0. The molecule has 1 N–H and O–H groups in total. The van der Waals surface area contributed by atoms with Crippen LogP contribution < -0.4 is 5.32 Å². The monoisotopic (exact) mass is 305 g/mol. The van der Waals surface area contributed by atoms with Gasteiger partial charge in [-0.3, -0.25) is 4.79 Å². The molecule has 1 fully saturated rings. The number of halogens is 1. The lowest BCUT2D eigenvalue weighted by Crippen LogP contribution is -2.26. The van der Waals surface area contributed by atoms with E-state index in [2.05, 4.69) is 17.4 Å². The molecule has 1 atom stereocenters. The van der Waals surface area contributed by atoms with Crippen molar-refractivity contribution >= 4 is 23.2 Å². The smallest absolute Gasteiger partial charge is 0.234 e. The number of hydrogen-bond donors (Lipinski definition) is 1. The van der Waals surface area contributed by atoms with E-state index in [0.29, 0.717) is 0 Å². The van der Waals surface area contributed by atoms with E-state index in [4.69, 9.17) is 11.6 Å². The first-order valence-corrected chi connectivity index (χ1v) is 8.52. The van der Waals surface area contributed by atoms with Crippen molar-refractivity contribution in [1.29, 1.82) is 0 Å². The highest BCUT2D eigenvalue weighted by Crippen LogP contribution is 2.41. The van der Waals surface area contributed by atoms with Gasteiger partial charge in [0.05, 0.1) is 10.8 Å². The molecule has 0 aromatic heterocycles. The number of fused-ring (bicyclic) bond motifs is 1. The van der Waals surface area contributed by atoms with Crippen LogP contribution in [0.15, 0.2) is 18.2 Å². The molecule has 2 aliphatic rings. The van der Waals surface area contributed by atoms with E-state index < -0.39 is 5.41 Å². The molecule has 2 nitrogen and oxygen atoms in total. The van der Waals surface area contributed by atoms with Crippen LogP contribution in [0.5, 0.6) is 0 Å². The summed E-state index contributed by atoms with van der Waals surface area (Å²) >= 11 is 6.67. The van der Waals surface area contributed by atoms with E-state index in [0.717, 1.165) is 29.2 Å². The van der Waals surface area contributed by atoms with Crippen molar-refractivity contribution < 1.29 is 4.79 Å². The van der Waals surface area contributed by atoms with Gasteiger partial charge in [0.1, 0.15) is 0 Å². The second-order valence-corrected chi connectivity index (χ2v) is 7.62. The minimum atomic E-state index is -0.452. The Morgan fingerprint density at radius 2 is 2.00 bits per heavy atom. The van der Waals surface area contributed by atoms with Gasteiger partial charge < -0.3 is 5.32 Å². The van der Waals surface area contributed by atoms with Gasteiger partial charge in [-0.25, -0.2) is 0 Å². The lowest BCUT2D eigenvalue weighted by atomic mass is 9.83. The normalized spacial score (nSPS) is 22.7. The molecule has 0 bridgehead atoms. The third-order valence-corrected chi connectivity index (χ3v) is 5.59. The van der Waals surface area contributed by atoms with Crippen LogP contribution in [0.25, 0.3) is 0 Å². The Morgan fingerprint density at radius 3 is 2.71 bits per heavy atom. The Labute approximate surface area is 132 Å². The predicted molar refractivity (Wildman–Crippen MR) is 87.9 cm³/mol. The molecule has 1 heterocycles. The zero-order valence-electron chi connectivity index (χ0n) is 12.9. The highest BCUT2D eigenvalue weighted by atomic mass is 35.5. The van der Waals surface area contributed by atoms with Gasteiger partial charge in [-0.15, -0.1) is 11.6 Å². The first-order valence-electron chi connectivity index (χ1n) is 8.08. The molecule has 1 aromatic carbocycles. The van der Waals surface area contributed by atoms with Crippen molar-refractivity contribution in [3.8, 4) is 0 Å². The third-order valence-electron chi connectivity index (χ3n) is 5.16. The summed E-state index contributed by atoms with van der Waals surface area (Å²) in [5.41, 5.74) is 2.73. The van der Waals surface area contributed by atoms with Crippen molar-refractivity contribution in [1.82, 2.24) is 0 Å². The van der Waals surface area contributed by atoms with Gasteiger partial charge in [-0.2, -0.15) is 0 Å². The maximum absolute atomic E-state index is 12.0. The molecule has 0 saturated heterocycles. The number of carbonyl (C=O) groups is 1. The Morgan fingerprint density at radius 1 is 1.29 bits per heavy atom. The van der Waals surface area contributed by atoms with E-state index in [9.17, 15) is 4.79 Å². The molecule has 21 heavy (non-hydrogen) atoms. The maximum Gasteiger partial charge on any atom is 0.234 e. The molecular weight excluding hydrogens is 282 g/mol. The minimum Gasteiger partial charge on any atom is -0.325 e. The highest BCUT2D eigenvalue weighted by Gasteiger charge is 2.38. The lowest BCUT2D eigenvalue weighted by Gasteiger charge is -2.24. The minimum absolute atomic E-state index is 0.0601. The fourth-order valence-corrected chi connectivity index (χ4v) is 4.02. The summed E-state index contributed by atoms with van der Waals surface area (Å²) in [5.74, 6) is 0.843. The van der Waals surface area contributed by atoms with Crippen LogP contribution in [0.3, 0.4) is 0 Å². The Bertz CT molecular complexity index is 546. The largest absolute Gasteiger partial charge is 0.325 e. The number of rotatable bonds is 3. The summed E-state index contributed by atoms with van der Waals surface area (Å²) in [6.07, 6.45) is 7.78. The first kappa shape index (κ1) is 14.9. The van der Waals surface area contributed by atoms with Gasteiger partial charge in [0, 0.05) is 5.69 Å². The summed E-state index contributed by atoms with van der Waals surface area (Å²) in [6, 6.07) is 6.21. The second kappa shape index (κ2) is 5.64. The van der Waals surface area contributed by atoms with Crippen molar-refractivity contribution in [2.45, 2.75) is 63.2 Å². The van der Waals surface area contributed by atoms with E-state index in [1.54, 1.807) is 0 Å². The van der Waals surface area contributed by atoms with E-state index >= 15 is 0 Å². The van der Waals surface area contributed by atoms with Gasteiger partial charge in [-0.05, 0) is 43.4 Å². The summed E-state index contributed by atoms with van der Waals surface area (Å²) in [7, 11) is 0.